The molecule has 6 heteroatoms. The third-order valence-corrected chi connectivity index (χ3v) is 2.20. The first kappa shape index (κ1) is 11.5. The number of aryl methyl sites for hydroxylation is 1. The Morgan fingerprint density at radius 1 is 1.12 bits per heavy atom. The minimum atomic E-state index is -4.30. The van der Waals surface area contributed by atoms with Gasteiger partial charge in [0.1, 0.15) is 0 Å². The number of hydrogen-bond acceptors (Lipinski definition) is 2. The molecule has 1 N–H and O–H groups in total. The van der Waals surface area contributed by atoms with Gasteiger partial charge in [0.2, 0.25) is 0 Å². The van der Waals surface area contributed by atoms with Crippen molar-refractivity contribution in [3.63, 3.8) is 0 Å². The monoisotopic (exact) mass is 241 g/mol. The van der Waals surface area contributed by atoms with E-state index in [4.69, 9.17) is 0 Å². The number of benzene rings is 1. The van der Waals surface area contributed by atoms with Crippen LogP contribution in [0, 0.1) is 0 Å². The second-order valence-electron chi connectivity index (χ2n) is 3.57. The van der Waals surface area contributed by atoms with Gasteiger partial charge in [0, 0.05) is 25.0 Å². The third kappa shape index (κ3) is 2.77. The summed E-state index contributed by atoms with van der Waals surface area (Å²) < 4.78 is 38.5. The summed E-state index contributed by atoms with van der Waals surface area (Å²) in [7, 11) is 1.76. The highest BCUT2D eigenvalue weighted by atomic mass is 19.4. The summed E-state index contributed by atoms with van der Waals surface area (Å²) in [5.41, 5.74) is -0.0965. The SMILES string of the molecule is Cn1ccc(Nc2ccc(C(F)(F)F)cc2)n1. The fraction of sp³-hybridized carbons (Fsp3) is 0.182. The van der Waals surface area contributed by atoms with Crippen LogP contribution >= 0.6 is 0 Å². The molecule has 0 fully saturated rings. The molecular formula is C11H10F3N3. The Kier molecular flexibility index (Phi) is 2.79. The molecule has 2 aromatic rings. The predicted molar refractivity (Wildman–Crippen MR) is 57.9 cm³/mol. The Morgan fingerprint density at radius 2 is 1.76 bits per heavy atom. The number of anilines is 2. The average molecular weight is 241 g/mol. The van der Waals surface area contributed by atoms with Gasteiger partial charge in [-0.2, -0.15) is 18.3 Å². The first-order valence-corrected chi connectivity index (χ1v) is 4.89. The molecule has 90 valence electrons. The van der Waals surface area contributed by atoms with Crippen LogP contribution in [0.1, 0.15) is 5.56 Å². The number of aromatic nitrogens is 2. The predicted octanol–water partition coefficient (Wildman–Crippen LogP) is 3.18. The van der Waals surface area contributed by atoms with Crippen molar-refractivity contribution in [2.24, 2.45) is 7.05 Å². The molecule has 0 radical (unpaired) electrons. The molecular weight excluding hydrogens is 231 g/mol. The maximum Gasteiger partial charge on any atom is 0.416 e. The van der Waals surface area contributed by atoms with Crippen LogP contribution in [0.15, 0.2) is 36.5 Å². The molecule has 0 spiro atoms. The molecule has 0 saturated carbocycles. The first-order valence-electron chi connectivity index (χ1n) is 4.89. The van der Waals surface area contributed by atoms with Gasteiger partial charge >= 0.3 is 6.18 Å². The molecule has 0 saturated heterocycles. The minimum absolute atomic E-state index is 0.566. The Hall–Kier alpha value is -1.98. The van der Waals surface area contributed by atoms with Crippen molar-refractivity contribution < 1.29 is 13.2 Å². The zero-order valence-electron chi connectivity index (χ0n) is 8.99. The van der Waals surface area contributed by atoms with Gasteiger partial charge in [-0.25, -0.2) is 0 Å². The van der Waals surface area contributed by atoms with Crippen LogP contribution in [0.5, 0.6) is 0 Å². The van der Waals surface area contributed by atoms with Crippen molar-refractivity contribution in [1.82, 2.24) is 9.78 Å². The van der Waals surface area contributed by atoms with Crippen molar-refractivity contribution in [1.29, 1.82) is 0 Å². The maximum atomic E-state index is 12.3. The molecule has 17 heavy (non-hydrogen) atoms. The standard InChI is InChI=1S/C11H10F3N3/c1-17-7-6-10(16-17)15-9-4-2-8(3-5-9)11(12,13)14/h2-7H,1H3,(H,15,16). The fourth-order valence-electron chi connectivity index (χ4n) is 1.37. The van der Waals surface area contributed by atoms with E-state index in [0.29, 0.717) is 11.5 Å². The lowest BCUT2D eigenvalue weighted by Gasteiger charge is -2.07. The molecule has 0 amide bonds. The summed E-state index contributed by atoms with van der Waals surface area (Å²) in [6, 6.07) is 6.54. The van der Waals surface area contributed by atoms with Gasteiger partial charge in [-0.15, -0.1) is 0 Å². The summed E-state index contributed by atoms with van der Waals surface area (Å²) >= 11 is 0. The summed E-state index contributed by atoms with van der Waals surface area (Å²) in [5.74, 6) is 0.590. The van der Waals surface area contributed by atoms with E-state index in [1.54, 1.807) is 24.0 Å². The normalized spacial score (nSPS) is 11.5. The molecule has 0 unspecified atom stereocenters. The number of alkyl halides is 3. The van der Waals surface area contributed by atoms with E-state index in [0.717, 1.165) is 12.1 Å². The average Bonchev–Trinajstić information content (AvgIpc) is 2.63. The van der Waals surface area contributed by atoms with E-state index in [2.05, 4.69) is 10.4 Å². The molecule has 0 bridgehead atoms. The topological polar surface area (TPSA) is 29.9 Å². The summed E-state index contributed by atoms with van der Waals surface area (Å²) in [5, 5.41) is 6.96. The lowest BCUT2D eigenvalue weighted by atomic mass is 10.2. The molecule has 1 heterocycles. The van der Waals surface area contributed by atoms with E-state index < -0.39 is 11.7 Å². The number of halogens is 3. The second kappa shape index (κ2) is 4.12. The van der Waals surface area contributed by atoms with Crippen LogP contribution in [0.25, 0.3) is 0 Å². The van der Waals surface area contributed by atoms with Crippen molar-refractivity contribution in [3.8, 4) is 0 Å². The Morgan fingerprint density at radius 3 is 2.24 bits per heavy atom. The van der Waals surface area contributed by atoms with E-state index >= 15 is 0 Å². The van der Waals surface area contributed by atoms with Gasteiger partial charge < -0.3 is 5.32 Å². The van der Waals surface area contributed by atoms with Crippen LogP contribution in [0.4, 0.5) is 24.7 Å². The largest absolute Gasteiger partial charge is 0.416 e. The summed E-state index contributed by atoms with van der Waals surface area (Å²) in [4.78, 5) is 0. The van der Waals surface area contributed by atoms with E-state index in [1.165, 1.54) is 12.1 Å². The lowest BCUT2D eigenvalue weighted by molar-refractivity contribution is -0.137. The summed E-state index contributed by atoms with van der Waals surface area (Å²) in [6.07, 6.45) is -2.56. The first-order chi connectivity index (χ1) is 7.95. The Balaban J connectivity index is 2.13. The molecule has 3 nitrogen and oxygen atoms in total. The zero-order chi connectivity index (χ0) is 12.5. The molecule has 0 aliphatic heterocycles. The van der Waals surface area contributed by atoms with Crippen LogP contribution in [0.2, 0.25) is 0 Å². The van der Waals surface area contributed by atoms with Crippen LogP contribution in [-0.4, -0.2) is 9.78 Å². The third-order valence-electron chi connectivity index (χ3n) is 2.20. The van der Waals surface area contributed by atoms with Gasteiger partial charge in [0.05, 0.1) is 5.56 Å². The van der Waals surface area contributed by atoms with E-state index in [-0.39, 0.29) is 0 Å². The van der Waals surface area contributed by atoms with Gasteiger partial charge in [-0.3, -0.25) is 4.68 Å². The Bertz CT molecular complexity index is 499. The highest BCUT2D eigenvalue weighted by Gasteiger charge is 2.29. The van der Waals surface area contributed by atoms with Crippen molar-refractivity contribution >= 4 is 11.5 Å². The number of rotatable bonds is 2. The molecule has 0 atom stereocenters. The van der Waals surface area contributed by atoms with Crippen molar-refractivity contribution in [2.75, 3.05) is 5.32 Å². The summed E-state index contributed by atoms with van der Waals surface area (Å²) in [6.45, 7) is 0. The van der Waals surface area contributed by atoms with Crippen LogP contribution in [-0.2, 0) is 13.2 Å². The molecule has 1 aromatic heterocycles. The molecule has 0 aliphatic rings. The number of nitrogens with one attached hydrogen (secondary N) is 1. The van der Waals surface area contributed by atoms with Crippen LogP contribution < -0.4 is 5.32 Å². The van der Waals surface area contributed by atoms with E-state index in [1.807, 2.05) is 0 Å². The van der Waals surface area contributed by atoms with Crippen molar-refractivity contribution in [2.45, 2.75) is 6.18 Å². The van der Waals surface area contributed by atoms with Crippen molar-refractivity contribution in [3.05, 3.63) is 42.1 Å². The van der Waals surface area contributed by atoms with Gasteiger partial charge in [0.15, 0.2) is 5.82 Å². The van der Waals surface area contributed by atoms with E-state index in [9.17, 15) is 13.2 Å². The second-order valence-corrected chi connectivity index (χ2v) is 3.57. The minimum Gasteiger partial charge on any atom is -0.339 e. The molecule has 2 rings (SSSR count). The highest BCUT2D eigenvalue weighted by molar-refractivity contribution is 5.56. The quantitative estimate of drug-likeness (QED) is 0.875. The van der Waals surface area contributed by atoms with Gasteiger partial charge in [0.25, 0.3) is 0 Å². The smallest absolute Gasteiger partial charge is 0.339 e. The van der Waals surface area contributed by atoms with Gasteiger partial charge in [-0.1, -0.05) is 0 Å². The molecule has 1 aromatic carbocycles. The lowest BCUT2D eigenvalue weighted by Crippen LogP contribution is -2.04. The fourth-order valence-corrected chi connectivity index (χ4v) is 1.37. The zero-order valence-corrected chi connectivity index (χ0v) is 8.99. The Labute approximate surface area is 95.9 Å². The van der Waals surface area contributed by atoms with Gasteiger partial charge in [-0.05, 0) is 24.3 Å². The number of hydrogen-bond donors (Lipinski definition) is 1. The molecule has 0 aliphatic carbocycles. The van der Waals surface area contributed by atoms with Crippen LogP contribution in [0.3, 0.4) is 0 Å². The number of nitrogens with zero attached hydrogens (tertiary/aromatic N) is 2. The maximum absolute atomic E-state index is 12.3. The highest BCUT2D eigenvalue weighted by Crippen LogP contribution is 2.30.